The van der Waals surface area contributed by atoms with Gasteiger partial charge in [0.05, 0.1) is 5.02 Å². The Morgan fingerprint density at radius 1 is 1.26 bits per heavy atom. The van der Waals surface area contributed by atoms with E-state index < -0.39 is 0 Å². The van der Waals surface area contributed by atoms with E-state index in [2.05, 4.69) is 15.3 Å². The van der Waals surface area contributed by atoms with Gasteiger partial charge in [-0.05, 0) is 37.5 Å². The number of aromatic nitrogens is 2. The van der Waals surface area contributed by atoms with Gasteiger partial charge in [-0.25, -0.2) is 14.4 Å². The summed E-state index contributed by atoms with van der Waals surface area (Å²) in [4.78, 5) is 9.06. The van der Waals surface area contributed by atoms with Crippen LogP contribution in [0.2, 0.25) is 5.02 Å². The van der Waals surface area contributed by atoms with Crippen LogP contribution in [0, 0.1) is 5.82 Å². The first-order valence-corrected chi connectivity index (χ1v) is 6.60. The van der Waals surface area contributed by atoms with E-state index in [-0.39, 0.29) is 5.82 Å². The molecule has 0 fully saturated rings. The van der Waals surface area contributed by atoms with Crippen molar-refractivity contribution < 1.29 is 4.39 Å². The highest BCUT2D eigenvalue weighted by Crippen LogP contribution is 2.31. The fourth-order valence-electron chi connectivity index (χ4n) is 2.43. The lowest BCUT2D eigenvalue weighted by atomic mass is 10.1. The Morgan fingerprint density at radius 3 is 2.84 bits per heavy atom. The van der Waals surface area contributed by atoms with Crippen molar-refractivity contribution in [2.75, 3.05) is 12.4 Å². The van der Waals surface area contributed by atoms with Crippen LogP contribution in [-0.4, -0.2) is 17.0 Å². The van der Waals surface area contributed by atoms with Crippen LogP contribution < -0.4 is 5.32 Å². The molecule has 0 spiro atoms. The minimum Gasteiger partial charge on any atom is -0.373 e. The third kappa shape index (κ3) is 2.16. The molecule has 2 aromatic rings. The molecule has 0 saturated heterocycles. The minimum absolute atomic E-state index is 0.333. The predicted molar refractivity (Wildman–Crippen MR) is 74.0 cm³/mol. The third-order valence-electron chi connectivity index (χ3n) is 3.34. The van der Waals surface area contributed by atoms with E-state index in [0.717, 1.165) is 30.8 Å². The van der Waals surface area contributed by atoms with Crippen molar-refractivity contribution >= 4 is 17.4 Å². The van der Waals surface area contributed by atoms with Crippen molar-refractivity contribution in [3.8, 4) is 11.4 Å². The Hall–Kier alpha value is -1.68. The fourth-order valence-corrected chi connectivity index (χ4v) is 2.68. The van der Waals surface area contributed by atoms with Crippen molar-refractivity contribution in [1.82, 2.24) is 9.97 Å². The van der Waals surface area contributed by atoms with Gasteiger partial charge in [-0.1, -0.05) is 11.6 Å². The molecule has 1 aliphatic rings. The summed E-state index contributed by atoms with van der Waals surface area (Å²) in [5.74, 6) is 1.04. The van der Waals surface area contributed by atoms with Crippen molar-refractivity contribution in [3.05, 3.63) is 40.3 Å². The second-order valence-corrected chi connectivity index (χ2v) is 4.96. The molecule has 0 unspecified atom stereocenters. The van der Waals surface area contributed by atoms with E-state index in [4.69, 9.17) is 11.6 Å². The van der Waals surface area contributed by atoms with Crippen molar-refractivity contribution in [3.63, 3.8) is 0 Å². The molecule has 0 atom stereocenters. The predicted octanol–water partition coefficient (Wildman–Crippen LogP) is 3.47. The zero-order valence-electron chi connectivity index (χ0n) is 10.5. The Labute approximate surface area is 115 Å². The molecule has 0 saturated carbocycles. The second kappa shape index (κ2) is 4.78. The molecule has 1 heterocycles. The van der Waals surface area contributed by atoms with Crippen LogP contribution in [0.3, 0.4) is 0 Å². The highest BCUT2D eigenvalue weighted by atomic mass is 35.5. The van der Waals surface area contributed by atoms with Gasteiger partial charge in [0, 0.05) is 23.9 Å². The second-order valence-electron chi connectivity index (χ2n) is 4.55. The SMILES string of the molecule is CNc1nc(-c2ccc(F)cc2Cl)nc2c1CCC2. The summed E-state index contributed by atoms with van der Waals surface area (Å²) in [6.45, 7) is 0. The molecule has 0 aliphatic heterocycles. The molecule has 0 bridgehead atoms. The fraction of sp³-hybridized carbons (Fsp3) is 0.286. The minimum atomic E-state index is -0.358. The van der Waals surface area contributed by atoms with Crippen LogP contribution in [-0.2, 0) is 12.8 Å². The number of rotatable bonds is 2. The summed E-state index contributed by atoms with van der Waals surface area (Å²) >= 11 is 6.07. The Bertz CT molecular complexity index is 643. The van der Waals surface area contributed by atoms with Crippen molar-refractivity contribution in [2.24, 2.45) is 0 Å². The standard InChI is InChI=1S/C14H13ClFN3/c1-17-13-10-3-2-4-12(10)18-14(19-13)9-6-5-8(16)7-11(9)15/h5-7H,2-4H2,1H3,(H,17,18,19). The van der Waals surface area contributed by atoms with E-state index in [1.54, 1.807) is 6.07 Å². The highest BCUT2D eigenvalue weighted by molar-refractivity contribution is 6.33. The summed E-state index contributed by atoms with van der Waals surface area (Å²) in [6.07, 6.45) is 3.06. The molecule has 19 heavy (non-hydrogen) atoms. The van der Waals surface area contributed by atoms with Crippen molar-refractivity contribution in [2.45, 2.75) is 19.3 Å². The highest BCUT2D eigenvalue weighted by Gasteiger charge is 2.20. The van der Waals surface area contributed by atoms with Crippen LogP contribution in [0.5, 0.6) is 0 Å². The number of fused-ring (bicyclic) bond motifs is 1. The van der Waals surface area contributed by atoms with Gasteiger partial charge in [-0.3, -0.25) is 0 Å². The van der Waals surface area contributed by atoms with Gasteiger partial charge in [0.2, 0.25) is 0 Å². The Morgan fingerprint density at radius 2 is 2.11 bits per heavy atom. The van der Waals surface area contributed by atoms with Gasteiger partial charge in [-0.2, -0.15) is 0 Å². The maximum atomic E-state index is 13.1. The molecule has 3 nitrogen and oxygen atoms in total. The summed E-state index contributed by atoms with van der Waals surface area (Å²) in [5, 5.41) is 3.43. The average molecular weight is 278 g/mol. The summed E-state index contributed by atoms with van der Waals surface area (Å²) in [7, 11) is 1.84. The van der Waals surface area contributed by atoms with Crippen LogP contribution in [0.15, 0.2) is 18.2 Å². The number of nitrogens with zero attached hydrogens (tertiary/aromatic N) is 2. The molecule has 1 N–H and O–H groups in total. The number of aryl methyl sites for hydroxylation is 1. The largest absolute Gasteiger partial charge is 0.373 e. The van der Waals surface area contributed by atoms with Crippen LogP contribution in [0.4, 0.5) is 10.2 Å². The number of hydrogen-bond donors (Lipinski definition) is 1. The molecule has 0 radical (unpaired) electrons. The topological polar surface area (TPSA) is 37.8 Å². The zero-order valence-corrected chi connectivity index (χ0v) is 11.3. The summed E-state index contributed by atoms with van der Waals surface area (Å²) in [5.41, 5.74) is 2.91. The quantitative estimate of drug-likeness (QED) is 0.913. The lowest BCUT2D eigenvalue weighted by Gasteiger charge is -2.10. The van der Waals surface area contributed by atoms with Crippen molar-refractivity contribution in [1.29, 1.82) is 0 Å². The normalized spacial score (nSPS) is 13.4. The van der Waals surface area contributed by atoms with E-state index in [0.29, 0.717) is 16.4 Å². The van der Waals surface area contributed by atoms with Gasteiger partial charge in [0.1, 0.15) is 11.6 Å². The lowest BCUT2D eigenvalue weighted by Crippen LogP contribution is -2.03. The van der Waals surface area contributed by atoms with Gasteiger partial charge < -0.3 is 5.32 Å². The first-order valence-electron chi connectivity index (χ1n) is 6.22. The first-order chi connectivity index (χ1) is 9.19. The maximum absolute atomic E-state index is 13.1. The van der Waals surface area contributed by atoms with Gasteiger partial charge in [-0.15, -0.1) is 0 Å². The van der Waals surface area contributed by atoms with Crippen LogP contribution >= 0.6 is 11.6 Å². The molecule has 0 amide bonds. The maximum Gasteiger partial charge on any atom is 0.163 e. The van der Waals surface area contributed by atoms with Gasteiger partial charge in [0.25, 0.3) is 0 Å². The molecule has 1 aromatic carbocycles. The van der Waals surface area contributed by atoms with E-state index in [9.17, 15) is 4.39 Å². The average Bonchev–Trinajstić information content (AvgIpc) is 2.85. The van der Waals surface area contributed by atoms with Crippen LogP contribution in [0.25, 0.3) is 11.4 Å². The van der Waals surface area contributed by atoms with E-state index in [1.807, 2.05) is 7.05 Å². The number of benzene rings is 1. The summed E-state index contributed by atoms with van der Waals surface area (Å²) < 4.78 is 13.1. The van der Waals surface area contributed by atoms with Gasteiger partial charge >= 0.3 is 0 Å². The first kappa shape index (κ1) is 12.4. The molecule has 1 aromatic heterocycles. The van der Waals surface area contributed by atoms with Gasteiger partial charge in [0.15, 0.2) is 5.82 Å². The summed E-state index contributed by atoms with van der Waals surface area (Å²) in [6, 6.07) is 4.27. The number of halogens is 2. The number of anilines is 1. The lowest BCUT2D eigenvalue weighted by molar-refractivity contribution is 0.628. The zero-order chi connectivity index (χ0) is 13.4. The molecule has 5 heteroatoms. The smallest absolute Gasteiger partial charge is 0.163 e. The monoisotopic (exact) mass is 277 g/mol. The molecular weight excluding hydrogens is 265 g/mol. The van der Waals surface area contributed by atoms with E-state index >= 15 is 0 Å². The van der Waals surface area contributed by atoms with E-state index in [1.165, 1.54) is 17.7 Å². The Balaban J connectivity index is 2.15. The molecule has 98 valence electrons. The molecule has 3 rings (SSSR count). The number of hydrogen-bond acceptors (Lipinski definition) is 3. The molecular formula is C14H13ClFN3. The molecule has 1 aliphatic carbocycles. The third-order valence-corrected chi connectivity index (χ3v) is 3.65. The number of nitrogens with one attached hydrogen (secondary N) is 1. The van der Waals surface area contributed by atoms with Crippen LogP contribution in [0.1, 0.15) is 17.7 Å². The Kier molecular flexibility index (Phi) is 3.11.